The second kappa shape index (κ2) is 11.3. The van der Waals surface area contributed by atoms with Crippen molar-refractivity contribution in [2.45, 2.75) is 68.3 Å². The number of aliphatic hydroxyl groups is 6. The molecule has 2 aromatic rings. The molecule has 2 aromatic heterocycles. The molecule has 22 heteroatoms. The van der Waals surface area contributed by atoms with Gasteiger partial charge in [0, 0.05) is 0 Å². The molecule has 0 aliphatic carbocycles. The van der Waals surface area contributed by atoms with E-state index in [2.05, 4.69) is 28.3 Å². The van der Waals surface area contributed by atoms with Crippen LogP contribution >= 0.6 is 15.6 Å². The molecule has 0 radical (unpaired) electrons. The van der Waals surface area contributed by atoms with Crippen LogP contribution in [0.5, 0.6) is 0 Å². The molecule has 0 saturated carbocycles. The second-order valence-electron chi connectivity index (χ2n) is 8.73. The van der Waals surface area contributed by atoms with Crippen LogP contribution in [0.25, 0.3) is 11.2 Å². The first-order valence-corrected chi connectivity index (χ1v) is 14.1. The third kappa shape index (κ3) is 6.30. The van der Waals surface area contributed by atoms with E-state index in [1.807, 2.05) is 0 Å². The molecule has 2 saturated heterocycles. The number of rotatable bonds is 9. The lowest BCUT2D eigenvalue weighted by Crippen LogP contribution is -2.60. The van der Waals surface area contributed by atoms with Gasteiger partial charge in [-0.1, -0.05) is 0 Å². The van der Waals surface area contributed by atoms with Crippen LogP contribution in [0.3, 0.4) is 0 Å². The summed E-state index contributed by atoms with van der Waals surface area (Å²) in [5.41, 5.74) is 6.05. The van der Waals surface area contributed by atoms with Crippen molar-refractivity contribution in [1.82, 2.24) is 19.5 Å². The number of ether oxygens (including phenoxy) is 2. The zero-order valence-electron chi connectivity index (χ0n) is 19.8. The minimum absolute atomic E-state index is 0.0407. The van der Waals surface area contributed by atoms with E-state index in [9.17, 15) is 49.6 Å². The Kier molecular flexibility index (Phi) is 8.75. The van der Waals surface area contributed by atoms with Crippen molar-refractivity contribution in [1.29, 1.82) is 0 Å². The van der Waals surface area contributed by atoms with E-state index in [1.165, 1.54) is 10.9 Å². The Morgan fingerprint density at radius 3 is 2.36 bits per heavy atom. The average Bonchev–Trinajstić information content (AvgIpc) is 3.39. The minimum Gasteiger partial charge on any atom is -0.391 e. The van der Waals surface area contributed by atoms with Gasteiger partial charge in [-0.15, -0.1) is 0 Å². The zero-order chi connectivity index (χ0) is 28.9. The van der Waals surface area contributed by atoms with Gasteiger partial charge in [0.1, 0.15) is 54.6 Å². The Balaban J connectivity index is 1.38. The Morgan fingerprint density at radius 2 is 1.69 bits per heavy atom. The maximum atomic E-state index is 12.3. The molecule has 10 N–H and O–H groups in total. The average molecular weight is 603 g/mol. The summed E-state index contributed by atoms with van der Waals surface area (Å²) >= 11 is 0. The molecule has 0 bridgehead atoms. The summed E-state index contributed by atoms with van der Waals surface area (Å²) in [7, 11) is -11.0. The highest BCUT2D eigenvalue weighted by Gasteiger charge is 2.50. The van der Waals surface area contributed by atoms with Crippen LogP contribution in [-0.2, 0) is 32.0 Å². The Morgan fingerprint density at radius 1 is 1.00 bits per heavy atom. The summed E-state index contributed by atoms with van der Waals surface area (Å²) in [6.45, 7) is 0.212. The lowest BCUT2D eigenvalue weighted by molar-refractivity contribution is -0.289. The van der Waals surface area contributed by atoms with E-state index < -0.39 is 83.6 Å². The molecule has 20 nitrogen and oxygen atoms in total. The number of aliphatic hydroxyl groups excluding tert-OH is 6. The molecule has 4 heterocycles. The van der Waals surface area contributed by atoms with E-state index in [0.29, 0.717) is 0 Å². The van der Waals surface area contributed by atoms with Crippen molar-refractivity contribution in [3.63, 3.8) is 0 Å². The summed E-state index contributed by atoms with van der Waals surface area (Å²) in [5, 5.41) is 60.1. The number of phosphoric ester groups is 2. The van der Waals surface area contributed by atoms with Crippen LogP contribution in [0.15, 0.2) is 12.7 Å². The van der Waals surface area contributed by atoms with Gasteiger partial charge in [0.15, 0.2) is 24.0 Å². The van der Waals surface area contributed by atoms with Gasteiger partial charge < -0.3 is 55.6 Å². The predicted molar refractivity (Wildman–Crippen MR) is 122 cm³/mol. The molecule has 12 atom stereocenters. The summed E-state index contributed by atoms with van der Waals surface area (Å²) in [6, 6.07) is 0. The molecular weight excluding hydrogens is 576 g/mol. The third-order valence-electron chi connectivity index (χ3n) is 5.93. The van der Waals surface area contributed by atoms with Gasteiger partial charge in [0.05, 0.1) is 19.0 Å². The topological polar surface area (TPSA) is 312 Å². The molecule has 220 valence electrons. The second-order valence-corrected chi connectivity index (χ2v) is 11.7. The fraction of sp³-hybridized carbons (Fsp3) is 0.706. The number of aromatic nitrogens is 4. The predicted octanol–water partition coefficient (Wildman–Crippen LogP) is -3.53. The van der Waals surface area contributed by atoms with E-state index in [0.717, 1.165) is 13.3 Å². The number of nitrogens with zero attached hydrogens (tertiary/aromatic N) is 4. The quantitative estimate of drug-likeness (QED) is 0.125. The van der Waals surface area contributed by atoms with Crippen LogP contribution in [-0.4, -0.2) is 122 Å². The van der Waals surface area contributed by atoms with Crippen molar-refractivity contribution in [3.8, 4) is 0 Å². The van der Waals surface area contributed by atoms with Crippen molar-refractivity contribution in [2.75, 3.05) is 12.3 Å². The molecule has 2 aliphatic heterocycles. The Bertz CT molecular complexity index is 1270. The van der Waals surface area contributed by atoms with Crippen molar-refractivity contribution >= 4 is 32.6 Å². The first-order chi connectivity index (χ1) is 18.1. The van der Waals surface area contributed by atoms with E-state index in [-0.39, 0.29) is 17.0 Å². The molecule has 0 amide bonds. The molecule has 2 fully saturated rings. The number of nitrogen functional groups attached to an aromatic ring is 1. The van der Waals surface area contributed by atoms with Gasteiger partial charge in [0.2, 0.25) is 0 Å². The zero-order valence-corrected chi connectivity index (χ0v) is 21.6. The molecule has 4 rings (SSSR count). The number of nitrogens with two attached hydrogens (primary N) is 1. The third-order valence-corrected chi connectivity index (χ3v) is 8.53. The lowest BCUT2D eigenvalue weighted by atomic mass is 9.96. The Labute approximate surface area is 218 Å². The fourth-order valence-electron chi connectivity index (χ4n) is 3.98. The maximum Gasteiger partial charge on any atom is 0.483 e. The number of imidazole rings is 1. The van der Waals surface area contributed by atoms with E-state index >= 15 is 0 Å². The van der Waals surface area contributed by atoms with Crippen LogP contribution in [0.4, 0.5) is 5.82 Å². The molecular formula is C17H27N5O15P2. The number of hydrogen-bond acceptors (Lipinski definition) is 17. The maximum absolute atomic E-state index is 12.3. The van der Waals surface area contributed by atoms with Gasteiger partial charge in [-0.2, -0.15) is 4.31 Å². The van der Waals surface area contributed by atoms with Gasteiger partial charge in [-0.3, -0.25) is 13.6 Å². The van der Waals surface area contributed by atoms with Gasteiger partial charge >= 0.3 is 15.6 Å². The standard InChI is InChI=1S/C17H27N5O15P2/c1-5(23)13-10(26)9(25)12(28)17(35-13)36-39(31,32)37-38(29,30)33-2-6-8(24)11(27)16(34-6)22-4-21-7-14(18)19-3-20-15(7)22/h3-6,8-13,16-17,23-28H,2H2,1H3,(H,29,30)(H,31,32)(H2,18,19,20)/t5-,6+,8+,9-,10-,11+,12-,13+,16+,17+/m0/s1. The lowest BCUT2D eigenvalue weighted by Gasteiger charge is -2.41. The minimum atomic E-state index is -5.58. The molecule has 0 spiro atoms. The summed E-state index contributed by atoms with van der Waals surface area (Å²) < 4.78 is 49.7. The fourth-order valence-corrected chi connectivity index (χ4v) is 6.14. The van der Waals surface area contributed by atoms with Gasteiger partial charge in [-0.05, 0) is 6.92 Å². The summed E-state index contributed by atoms with van der Waals surface area (Å²) in [6.07, 6.45) is -14.8. The molecule has 39 heavy (non-hydrogen) atoms. The van der Waals surface area contributed by atoms with Crippen LogP contribution in [0.1, 0.15) is 13.2 Å². The number of anilines is 1. The first-order valence-electron chi connectivity index (χ1n) is 11.1. The SMILES string of the molecule is C[C@H](O)[C@H]1O[C@H](OP(=O)(O)OP(=O)(O)OC[C@H]2O[C@@H](n3cnc4c(N)ncnc43)[C@H](O)[C@@H]2O)[C@@H](O)[C@@H](O)[C@@H]1O. The Hall–Kier alpha value is -1.71. The van der Waals surface area contributed by atoms with E-state index in [1.54, 1.807) is 0 Å². The highest BCUT2D eigenvalue weighted by molar-refractivity contribution is 7.61. The molecule has 2 aliphatic rings. The van der Waals surface area contributed by atoms with Crippen molar-refractivity contribution in [3.05, 3.63) is 12.7 Å². The van der Waals surface area contributed by atoms with Crippen LogP contribution < -0.4 is 5.73 Å². The largest absolute Gasteiger partial charge is 0.483 e. The van der Waals surface area contributed by atoms with Crippen LogP contribution in [0.2, 0.25) is 0 Å². The summed E-state index contributed by atoms with van der Waals surface area (Å²) in [5.74, 6) is 0.0407. The van der Waals surface area contributed by atoms with Crippen LogP contribution in [0, 0.1) is 0 Å². The number of fused-ring (bicyclic) bond motifs is 1. The first kappa shape index (κ1) is 30.3. The van der Waals surface area contributed by atoms with E-state index in [4.69, 9.17) is 15.2 Å². The highest BCUT2D eigenvalue weighted by atomic mass is 31.3. The monoisotopic (exact) mass is 603 g/mol. The normalized spacial score (nSPS) is 37.4. The summed E-state index contributed by atoms with van der Waals surface area (Å²) in [4.78, 5) is 31.6. The molecule has 0 aromatic carbocycles. The molecule has 2 unspecified atom stereocenters. The smallest absolute Gasteiger partial charge is 0.391 e. The van der Waals surface area contributed by atoms with Crippen molar-refractivity contribution in [2.24, 2.45) is 0 Å². The number of phosphoric acid groups is 2. The highest BCUT2D eigenvalue weighted by Crippen LogP contribution is 2.61. The van der Waals surface area contributed by atoms with Gasteiger partial charge in [0.25, 0.3) is 0 Å². The van der Waals surface area contributed by atoms with Gasteiger partial charge in [-0.25, -0.2) is 24.1 Å². The number of hydrogen-bond donors (Lipinski definition) is 9. The van der Waals surface area contributed by atoms with Crippen molar-refractivity contribution < 1.29 is 72.4 Å².